The van der Waals surface area contributed by atoms with Crippen LogP contribution in [0.4, 0.5) is 0 Å². The molecule has 1 aromatic carbocycles. The third-order valence-corrected chi connectivity index (χ3v) is 4.60. The van der Waals surface area contributed by atoms with Crippen LogP contribution in [0.15, 0.2) is 59.8 Å². The molecule has 0 fully saturated rings. The minimum Gasteiger partial charge on any atom is -0.491 e. The number of fused-ring (bicyclic) bond motifs is 1. The smallest absolute Gasteiger partial charge is 0.305 e. The van der Waals surface area contributed by atoms with Gasteiger partial charge < -0.3 is 18.8 Å². The predicted molar refractivity (Wildman–Crippen MR) is 115 cm³/mol. The molecule has 0 radical (unpaired) electrons. The van der Waals surface area contributed by atoms with Gasteiger partial charge >= 0.3 is 5.97 Å². The number of para-hydroxylation sites is 1. The molecule has 0 aliphatic heterocycles. The van der Waals surface area contributed by atoms with Crippen molar-refractivity contribution in [2.45, 2.75) is 33.2 Å². The zero-order valence-electron chi connectivity index (χ0n) is 17.2. The van der Waals surface area contributed by atoms with Crippen LogP contribution in [-0.4, -0.2) is 32.2 Å². The van der Waals surface area contributed by atoms with E-state index in [1.165, 1.54) is 0 Å². The molecule has 0 saturated heterocycles. The molecule has 0 aliphatic rings. The second-order valence-corrected chi connectivity index (χ2v) is 6.80. The van der Waals surface area contributed by atoms with Crippen molar-refractivity contribution in [2.24, 2.45) is 0 Å². The second kappa shape index (κ2) is 9.73. The van der Waals surface area contributed by atoms with E-state index in [4.69, 9.17) is 14.3 Å². The first kappa shape index (κ1) is 21.1. The van der Waals surface area contributed by atoms with Gasteiger partial charge in [0.15, 0.2) is 0 Å². The maximum Gasteiger partial charge on any atom is 0.305 e. The number of ether oxygens (including phenoxy) is 1. The van der Waals surface area contributed by atoms with Crippen molar-refractivity contribution in [1.82, 2.24) is 14.5 Å². The predicted octanol–water partition coefficient (Wildman–Crippen LogP) is 4.57. The summed E-state index contributed by atoms with van der Waals surface area (Å²) in [5, 5.41) is 8.89. The zero-order chi connectivity index (χ0) is 21.5. The number of carbonyl (C=O) groups is 1. The van der Waals surface area contributed by atoms with E-state index in [2.05, 4.69) is 16.5 Å². The number of benzene rings is 1. The van der Waals surface area contributed by atoms with Crippen LogP contribution >= 0.6 is 0 Å². The number of rotatable bonds is 10. The normalized spacial score (nSPS) is 12.0. The van der Waals surface area contributed by atoms with Crippen LogP contribution in [0.25, 0.3) is 16.6 Å². The average Bonchev–Trinajstić information content (AvgIpc) is 3.30. The molecule has 7 nitrogen and oxygen atoms in total. The van der Waals surface area contributed by atoms with E-state index in [-0.39, 0.29) is 6.42 Å². The Kier molecular flexibility index (Phi) is 6.85. The first-order chi connectivity index (χ1) is 14.5. The third-order valence-electron chi connectivity index (χ3n) is 4.60. The molecule has 2 heterocycles. The zero-order valence-corrected chi connectivity index (χ0v) is 17.2. The van der Waals surface area contributed by atoms with Gasteiger partial charge in [0.1, 0.15) is 17.0 Å². The summed E-state index contributed by atoms with van der Waals surface area (Å²) in [4.78, 5) is 19.8. The molecule has 0 spiro atoms. The summed E-state index contributed by atoms with van der Waals surface area (Å²) in [6.07, 6.45) is 9.66. The number of oxazole rings is 1. The highest BCUT2D eigenvalue weighted by Crippen LogP contribution is 2.25. The monoisotopic (exact) mass is 407 g/mol. The molecule has 0 amide bonds. The number of hydrogen-bond acceptors (Lipinski definition) is 5. The van der Waals surface area contributed by atoms with Gasteiger partial charge in [-0.25, -0.2) is 9.97 Å². The number of aromatic nitrogens is 3. The Balaban J connectivity index is 1.66. The lowest BCUT2D eigenvalue weighted by molar-refractivity contribution is -0.137. The fourth-order valence-corrected chi connectivity index (χ4v) is 3.01. The lowest BCUT2D eigenvalue weighted by atomic mass is 10.2. The highest BCUT2D eigenvalue weighted by Gasteiger charge is 2.13. The molecule has 0 aliphatic carbocycles. The second-order valence-electron chi connectivity index (χ2n) is 6.80. The van der Waals surface area contributed by atoms with E-state index >= 15 is 0 Å². The van der Waals surface area contributed by atoms with E-state index < -0.39 is 5.97 Å². The largest absolute Gasteiger partial charge is 0.491 e. The summed E-state index contributed by atoms with van der Waals surface area (Å²) in [6.45, 7) is 8.27. The summed E-state index contributed by atoms with van der Waals surface area (Å²) in [5.41, 5.74) is 3.35. The molecule has 7 heteroatoms. The molecular formula is C23H25N3O4. The van der Waals surface area contributed by atoms with Gasteiger partial charge in [-0.05, 0) is 26.0 Å². The maximum atomic E-state index is 10.8. The van der Waals surface area contributed by atoms with Crippen molar-refractivity contribution in [1.29, 1.82) is 0 Å². The molecule has 1 N–H and O–H groups in total. The summed E-state index contributed by atoms with van der Waals surface area (Å²) in [6, 6.07) is 5.64. The molecule has 30 heavy (non-hydrogen) atoms. The number of hydrogen-bond donors (Lipinski definition) is 1. The van der Waals surface area contributed by atoms with Gasteiger partial charge in [0, 0.05) is 18.5 Å². The van der Waals surface area contributed by atoms with Crippen LogP contribution in [0.1, 0.15) is 30.7 Å². The molecule has 3 aromatic rings. The lowest BCUT2D eigenvalue weighted by Gasteiger charge is -2.07. The number of imidazole rings is 1. The van der Waals surface area contributed by atoms with Crippen molar-refractivity contribution in [3.63, 3.8) is 0 Å². The summed E-state index contributed by atoms with van der Waals surface area (Å²) in [5.74, 6) is 1.18. The molecule has 156 valence electrons. The first-order valence-corrected chi connectivity index (χ1v) is 9.70. The summed E-state index contributed by atoms with van der Waals surface area (Å²) < 4.78 is 13.5. The van der Waals surface area contributed by atoms with E-state index in [1.54, 1.807) is 12.4 Å². The van der Waals surface area contributed by atoms with Crippen LogP contribution in [-0.2, 0) is 17.8 Å². The number of nitrogens with zero attached hydrogens (tertiary/aromatic N) is 3. The molecule has 0 atom stereocenters. The minimum absolute atomic E-state index is 0.0432. The van der Waals surface area contributed by atoms with Gasteiger partial charge in [0.05, 0.1) is 30.6 Å². The Morgan fingerprint density at radius 2 is 2.20 bits per heavy atom. The van der Waals surface area contributed by atoms with Crippen molar-refractivity contribution in [3.8, 4) is 5.75 Å². The molecule has 0 saturated carbocycles. The van der Waals surface area contributed by atoms with Crippen molar-refractivity contribution < 1.29 is 19.1 Å². The van der Waals surface area contributed by atoms with Crippen LogP contribution in [0.3, 0.4) is 0 Å². The highest BCUT2D eigenvalue weighted by molar-refractivity contribution is 5.82. The van der Waals surface area contributed by atoms with Gasteiger partial charge in [-0.2, -0.15) is 0 Å². The molecule has 3 rings (SSSR count). The van der Waals surface area contributed by atoms with E-state index in [0.717, 1.165) is 22.5 Å². The molecular weight excluding hydrogens is 382 g/mol. The highest BCUT2D eigenvalue weighted by atomic mass is 16.5. The maximum absolute atomic E-state index is 10.8. The van der Waals surface area contributed by atoms with Gasteiger partial charge in [-0.1, -0.05) is 36.9 Å². The Hall–Kier alpha value is -3.61. The quantitative estimate of drug-likeness (QED) is 0.495. The topological polar surface area (TPSA) is 90.4 Å². The van der Waals surface area contributed by atoms with E-state index in [9.17, 15) is 4.79 Å². The number of carboxylic acids is 1. The van der Waals surface area contributed by atoms with E-state index in [0.29, 0.717) is 36.7 Å². The number of allylic oxidation sites excluding steroid dienone is 5. The summed E-state index contributed by atoms with van der Waals surface area (Å²) >= 11 is 0. The Morgan fingerprint density at radius 1 is 1.37 bits per heavy atom. The van der Waals surface area contributed by atoms with Gasteiger partial charge in [0.2, 0.25) is 5.89 Å². The fraction of sp³-hybridized carbons (Fsp3) is 0.261. The number of aliphatic carboxylic acids is 1. The Bertz CT molecular complexity index is 1110. The van der Waals surface area contributed by atoms with Crippen LogP contribution in [0, 0.1) is 6.92 Å². The average molecular weight is 407 g/mol. The number of carboxylic acid groups (broad SMARTS) is 1. The van der Waals surface area contributed by atoms with Gasteiger partial charge in [-0.15, -0.1) is 0 Å². The molecule has 0 unspecified atom stereocenters. The Labute approximate surface area is 175 Å². The van der Waals surface area contributed by atoms with Crippen LogP contribution in [0.5, 0.6) is 5.75 Å². The van der Waals surface area contributed by atoms with Crippen molar-refractivity contribution in [3.05, 3.63) is 72.8 Å². The Morgan fingerprint density at radius 3 is 2.97 bits per heavy atom. The lowest BCUT2D eigenvalue weighted by Crippen LogP contribution is -2.04. The summed E-state index contributed by atoms with van der Waals surface area (Å²) in [7, 11) is 0. The van der Waals surface area contributed by atoms with Crippen molar-refractivity contribution >= 4 is 22.6 Å². The van der Waals surface area contributed by atoms with Crippen LogP contribution < -0.4 is 4.74 Å². The standard InChI is InChI=1S/C23H25N3O4/c1-4-5-6-8-16(2)23-25-18(17(3)30-23)12-14-29-20-10-7-9-19-22(20)24-15-26(19)13-11-21(27)28/h4-10,15H,1,11-14H2,2-3H3,(H,27,28)/b6-5-,16-8+. The van der Waals surface area contributed by atoms with Gasteiger partial charge in [0.25, 0.3) is 0 Å². The van der Waals surface area contributed by atoms with Crippen molar-refractivity contribution in [2.75, 3.05) is 6.61 Å². The van der Waals surface area contributed by atoms with Gasteiger partial charge in [-0.3, -0.25) is 4.79 Å². The molecule has 0 bridgehead atoms. The third kappa shape index (κ3) is 5.05. The SMILES string of the molecule is C=C/C=C\C=C(/C)c1nc(CCOc2cccc3c2ncn3CCC(=O)O)c(C)o1. The van der Waals surface area contributed by atoms with Crippen LogP contribution in [0.2, 0.25) is 0 Å². The first-order valence-electron chi connectivity index (χ1n) is 9.70. The minimum atomic E-state index is -0.839. The van der Waals surface area contributed by atoms with E-state index in [1.807, 2.05) is 54.8 Å². The fourth-order valence-electron chi connectivity index (χ4n) is 3.01. The number of aryl methyl sites for hydroxylation is 2. The molecule has 2 aromatic heterocycles.